The van der Waals surface area contributed by atoms with Crippen LogP contribution in [0.3, 0.4) is 0 Å². The summed E-state index contributed by atoms with van der Waals surface area (Å²) < 4.78 is 8.50. The van der Waals surface area contributed by atoms with Crippen LogP contribution in [0, 0.1) is 6.92 Å². The Morgan fingerprint density at radius 3 is 1.34 bits per heavy atom. The predicted octanol–water partition coefficient (Wildman–Crippen LogP) is 6.63. The summed E-state index contributed by atoms with van der Waals surface area (Å²) in [7, 11) is 8.60. The quantitative estimate of drug-likeness (QED) is 0.378. The molecule has 0 atom stereocenters. The number of amides is 1. The average molecular weight is 525 g/mol. The van der Waals surface area contributed by atoms with Gasteiger partial charge in [-0.2, -0.15) is 0 Å². The van der Waals surface area contributed by atoms with E-state index in [1.54, 1.807) is 28.4 Å². The number of likely N-dealkylation sites (N-methyl/N-ethyl adjacent to an activating group) is 1. The van der Waals surface area contributed by atoms with Crippen molar-refractivity contribution in [2.24, 2.45) is 0 Å². The van der Waals surface area contributed by atoms with Crippen LogP contribution in [0.2, 0.25) is 0 Å². The molecular weight excluding hydrogens is 472 g/mol. The first-order valence-corrected chi connectivity index (χ1v) is 13.2. The molecule has 3 aromatic carbocycles. The maximum Gasteiger partial charge on any atom is 0.227 e. The minimum atomic E-state index is 0.253. The van der Waals surface area contributed by atoms with Crippen molar-refractivity contribution < 1.29 is 14.3 Å². The van der Waals surface area contributed by atoms with Crippen LogP contribution < -0.4 is 0 Å². The second-order valence-electron chi connectivity index (χ2n) is 8.68. The Morgan fingerprint density at radius 1 is 0.684 bits per heavy atom. The lowest BCUT2D eigenvalue weighted by molar-refractivity contribution is -0.132. The Bertz CT molecular complexity index is 763. The van der Waals surface area contributed by atoms with Gasteiger partial charge in [0.2, 0.25) is 5.91 Å². The van der Waals surface area contributed by atoms with E-state index in [-0.39, 0.29) is 5.91 Å². The number of hydrogen-bond acceptors (Lipinski definition) is 4. The average Bonchev–Trinajstić information content (AvgIpc) is 2.93. The summed E-state index contributed by atoms with van der Waals surface area (Å²) in [5, 5.41) is 0. The minimum Gasteiger partial charge on any atom is -0.388 e. The van der Waals surface area contributed by atoms with Gasteiger partial charge in [0, 0.05) is 54.6 Å². The third kappa shape index (κ3) is 24.7. The zero-order chi connectivity index (χ0) is 28.9. The molecule has 5 nitrogen and oxygen atoms in total. The van der Waals surface area contributed by atoms with Crippen LogP contribution in [0.4, 0.5) is 0 Å². The van der Waals surface area contributed by atoms with E-state index in [2.05, 4.69) is 54.3 Å². The monoisotopic (exact) mass is 524 g/mol. The van der Waals surface area contributed by atoms with Crippen LogP contribution in [0.25, 0.3) is 0 Å². The van der Waals surface area contributed by atoms with Gasteiger partial charge in [0.15, 0.2) is 0 Å². The van der Waals surface area contributed by atoms with Crippen molar-refractivity contribution in [2.75, 3.05) is 61.7 Å². The van der Waals surface area contributed by atoms with Gasteiger partial charge in [-0.3, -0.25) is 4.79 Å². The van der Waals surface area contributed by atoms with E-state index in [0.717, 1.165) is 31.7 Å². The van der Waals surface area contributed by atoms with Gasteiger partial charge < -0.3 is 19.3 Å². The fraction of sp³-hybridized carbons (Fsp3) is 0.424. The number of carbonyl (C=O) groups excluding carboxylic acids is 1. The van der Waals surface area contributed by atoms with Crippen molar-refractivity contribution in [2.45, 2.75) is 33.6 Å². The van der Waals surface area contributed by atoms with Gasteiger partial charge in [-0.1, -0.05) is 123 Å². The molecule has 1 fully saturated rings. The Labute approximate surface area is 233 Å². The fourth-order valence-corrected chi connectivity index (χ4v) is 2.93. The molecule has 0 saturated carbocycles. The Kier molecular flexibility index (Phi) is 28.0. The highest BCUT2D eigenvalue weighted by atomic mass is 16.5. The third-order valence-electron chi connectivity index (χ3n) is 4.63. The van der Waals surface area contributed by atoms with Crippen LogP contribution in [0.5, 0.6) is 0 Å². The van der Waals surface area contributed by atoms with E-state index in [1.165, 1.54) is 12.0 Å². The number of hydrogen-bond donors (Lipinski definition) is 0. The SMILES string of the molecule is CCC.COC.COC.Cc1cccc(CC(=O)N2CCN(C)CC2)c1.c1ccccc1.c1ccccc1. The lowest BCUT2D eigenvalue weighted by atomic mass is 10.1. The standard InChI is InChI=1S/C14H20N2O.2C6H6.C3H8.2C2H6O/c1-12-4-3-5-13(10-12)11-14(17)16-8-6-15(2)7-9-16;2*1-2-4-6-5-3-1;3*1-3-2/h3-5,10H,6-9,11H2,1-2H3;2*1-6H;3H2,1-2H3;2*1-2H3. The molecule has 1 heterocycles. The summed E-state index contributed by atoms with van der Waals surface area (Å²) in [6, 6.07) is 32.2. The number of methoxy groups -OCH3 is 2. The van der Waals surface area contributed by atoms with Crippen LogP contribution in [-0.2, 0) is 20.7 Å². The largest absolute Gasteiger partial charge is 0.388 e. The van der Waals surface area contributed by atoms with Gasteiger partial charge in [0.1, 0.15) is 0 Å². The van der Waals surface area contributed by atoms with Crippen molar-refractivity contribution in [3.63, 3.8) is 0 Å². The summed E-state index contributed by atoms with van der Waals surface area (Å²) in [5.41, 5.74) is 2.34. The first kappa shape index (κ1) is 37.2. The molecule has 0 unspecified atom stereocenters. The highest BCUT2D eigenvalue weighted by molar-refractivity contribution is 5.78. The van der Waals surface area contributed by atoms with E-state index in [9.17, 15) is 4.79 Å². The Hall–Kier alpha value is -2.99. The molecule has 1 saturated heterocycles. The van der Waals surface area contributed by atoms with Gasteiger partial charge in [-0.05, 0) is 19.5 Å². The van der Waals surface area contributed by atoms with Crippen LogP contribution >= 0.6 is 0 Å². The number of nitrogens with zero attached hydrogens (tertiary/aromatic N) is 2. The van der Waals surface area contributed by atoms with E-state index >= 15 is 0 Å². The van der Waals surface area contributed by atoms with E-state index in [4.69, 9.17) is 0 Å². The number of piperazine rings is 1. The molecule has 212 valence electrons. The zero-order valence-electron chi connectivity index (χ0n) is 25.1. The number of rotatable bonds is 2. The second-order valence-corrected chi connectivity index (χ2v) is 8.68. The molecule has 1 aliphatic heterocycles. The van der Waals surface area contributed by atoms with Crippen molar-refractivity contribution in [3.8, 4) is 0 Å². The second kappa shape index (κ2) is 28.6. The van der Waals surface area contributed by atoms with E-state index < -0.39 is 0 Å². The van der Waals surface area contributed by atoms with Crippen molar-refractivity contribution >= 4 is 5.91 Å². The summed E-state index contributed by atoms with van der Waals surface area (Å²) >= 11 is 0. The molecule has 1 amide bonds. The topological polar surface area (TPSA) is 42.0 Å². The maximum absolute atomic E-state index is 12.1. The van der Waals surface area contributed by atoms with Gasteiger partial charge in [0.25, 0.3) is 0 Å². The smallest absolute Gasteiger partial charge is 0.227 e. The molecular formula is C33H52N2O3. The lowest BCUT2D eigenvalue weighted by Crippen LogP contribution is -2.47. The molecule has 0 aromatic heterocycles. The Morgan fingerprint density at radius 2 is 1.03 bits per heavy atom. The minimum absolute atomic E-state index is 0.253. The third-order valence-corrected chi connectivity index (χ3v) is 4.63. The molecule has 3 aromatic rings. The normalized spacial score (nSPS) is 11.6. The summed E-state index contributed by atoms with van der Waals surface area (Å²) in [6.07, 6.45) is 1.78. The molecule has 5 heteroatoms. The van der Waals surface area contributed by atoms with Crippen molar-refractivity contribution in [3.05, 3.63) is 108 Å². The summed E-state index contributed by atoms with van der Waals surface area (Å²) in [5.74, 6) is 0.253. The van der Waals surface area contributed by atoms with Crippen molar-refractivity contribution in [1.29, 1.82) is 0 Å². The predicted molar refractivity (Wildman–Crippen MR) is 164 cm³/mol. The number of carbonyl (C=O) groups is 1. The molecule has 0 N–H and O–H groups in total. The number of ether oxygens (including phenoxy) is 2. The molecule has 38 heavy (non-hydrogen) atoms. The highest BCUT2D eigenvalue weighted by Gasteiger charge is 2.18. The van der Waals surface area contributed by atoms with Gasteiger partial charge >= 0.3 is 0 Å². The number of benzene rings is 3. The molecule has 0 bridgehead atoms. The molecule has 0 spiro atoms. The van der Waals surface area contributed by atoms with E-state index in [0.29, 0.717) is 6.42 Å². The van der Waals surface area contributed by atoms with Crippen LogP contribution in [0.1, 0.15) is 31.4 Å². The number of aryl methyl sites for hydroxylation is 1. The van der Waals surface area contributed by atoms with Crippen molar-refractivity contribution in [1.82, 2.24) is 9.80 Å². The zero-order valence-corrected chi connectivity index (χ0v) is 25.1. The molecule has 4 rings (SSSR count). The summed E-state index contributed by atoms with van der Waals surface area (Å²) in [4.78, 5) is 16.3. The highest BCUT2D eigenvalue weighted by Crippen LogP contribution is 2.08. The lowest BCUT2D eigenvalue weighted by Gasteiger charge is -2.32. The first-order valence-electron chi connectivity index (χ1n) is 13.2. The van der Waals surface area contributed by atoms with Crippen LogP contribution in [0.15, 0.2) is 97.1 Å². The Balaban J connectivity index is 0. The molecule has 1 aliphatic rings. The van der Waals surface area contributed by atoms with Crippen LogP contribution in [-0.4, -0.2) is 77.4 Å². The van der Waals surface area contributed by atoms with Gasteiger partial charge in [0.05, 0.1) is 6.42 Å². The molecule has 0 aliphatic carbocycles. The van der Waals surface area contributed by atoms with Gasteiger partial charge in [-0.25, -0.2) is 0 Å². The maximum atomic E-state index is 12.1. The molecule has 0 radical (unpaired) electrons. The fourth-order valence-electron chi connectivity index (χ4n) is 2.93. The van der Waals surface area contributed by atoms with Gasteiger partial charge in [-0.15, -0.1) is 0 Å². The first-order chi connectivity index (χ1) is 18.4. The summed E-state index contributed by atoms with van der Waals surface area (Å²) in [6.45, 7) is 10.0. The van der Waals surface area contributed by atoms with E-state index in [1.807, 2.05) is 89.8 Å².